The molecule has 0 radical (unpaired) electrons. The van der Waals surface area contributed by atoms with Crippen molar-refractivity contribution >= 4 is 23.3 Å². The molecule has 1 aromatic heterocycles. The van der Waals surface area contributed by atoms with Gasteiger partial charge in [0, 0.05) is 0 Å². The zero-order valence-electron chi connectivity index (χ0n) is 9.58. The van der Waals surface area contributed by atoms with E-state index in [1.165, 1.54) is 18.4 Å². The molecule has 4 nitrogen and oxygen atoms in total. The lowest BCUT2D eigenvalue weighted by Crippen LogP contribution is -2.11. The zero-order chi connectivity index (χ0) is 13.0. The van der Waals surface area contributed by atoms with Crippen LogP contribution in [0.25, 0.3) is 0 Å². The maximum Gasteiger partial charge on any atom is 0.353 e. The summed E-state index contributed by atoms with van der Waals surface area (Å²) in [5, 5.41) is 1.78. The highest BCUT2D eigenvalue weighted by molar-refractivity contribution is 7.12. The molecule has 2 aromatic rings. The van der Waals surface area contributed by atoms with Crippen LogP contribution in [0.2, 0.25) is 0 Å². The van der Waals surface area contributed by atoms with Crippen LogP contribution >= 0.6 is 11.3 Å². The Balaban J connectivity index is 2.24. The van der Waals surface area contributed by atoms with Crippen LogP contribution in [0.3, 0.4) is 0 Å². The molecule has 0 N–H and O–H groups in total. The van der Waals surface area contributed by atoms with Crippen LogP contribution in [-0.2, 0) is 4.74 Å². The Morgan fingerprint density at radius 3 is 2.50 bits per heavy atom. The Morgan fingerprint density at radius 1 is 1.06 bits per heavy atom. The summed E-state index contributed by atoms with van der Waals surface area (Å²) in [5.41, 5.74) is 0.227. The van der Waals surface area contributed by atoms with E-state index in [2.05, 4.69) is 4.74 Å². The lowest BCUT2D eigenvalue weighted by atomic mass is 10.2. The first-order chi connectivity index (χ1) is 8.72. The van der Waals surface area contributed by atoms with Gasteiger partial charge in [0.15, 0.2) is 0 Å². The van der Waals surface area contributed by atoms with Gasteiger partial charge in [0.2, 0.25) is 0 Å². The van der Waals surface area contributed by atoms with Gasteiger partial charge in [0.1, 0.15) is 16.2 Å². The highest BCUT2D eigenvalue weighted by atomic mass is 32.1. The minimum absolute atomic E-state index is 0.197. The van der Waals surface area contributed by atoms with Crippen molar-refractivity contribution in [1.29, 1.82) is 0 Å². The van der Waals surface area contributed by atoms with Crippen molar-refractivity contribution in [3.8, 4) is 5.75 Å². The number of para-hydroxylation sites is 1. The number of hydrogen-bond donors (Lipinski definition) is 0. The third-order valence-electron chi connectivity index (χ3n) is 2.22. The molecule has 5 heteroatoms. The highest BCUT2D eigenvalue weighted by Gasteiger charge is 2.16. The Kier molecular flexibility index (Phi) is 3.74. The average molecular weight is 262 g/mol. The van der Waals surface area contributed by atoms with Gasteiger partial charge in [-0.05, 0) is 23.6 Å². The standard InChI is InChI=1S/C13H10O4S/c1-16-12(14)9-5-2-3-6-10(9)17-13(15)11-7-4-8-18-11/h2-8H,1H3. The van der Waals surface area contributed by atoms with E-state index < -0.39 is 11.9 Å². The average Bonchev–Trinajstić information content (AvgIpc) is 2.92. The van der Waals surface area contributed by atoms with E-state index in [9.17, 15) is 9.59 Å². The molecule has 0 amide bonds. The molecule has 0 aliphatic rings. The van der Waals surface area contributed by atoms with Crippen LogP contribution in [0.5, 0.6) is 5.75 Å². The largest absolute Gasteiger partial charge is 0.465 e. The maximum atomic E-state index is 11.8. The summed E-state index contributed by atoms with van der Waals surface area (Å²) in [6, 6.07) is 9.88. The van der Waals surface area contributed by atoms with Gasteiger partial charge in [-0.2, -0.15) is 0 Å². The van der Waals surface area contributed by atoms with Crippen LogP contribution in [0.1, 0.15) is 20.0 Å². The monoisotopic (exact) mass is 262 g/mol. The van der Waals surface area contributed by atoms with Gasteiger partial charge in [-0.15, -0.1) is 11.3 Å². The van der Waals surface area contributed by atoms with Crippen LogP contribution < -0.4 is 4.74 Å². The van der Waals surface area contributed by atoms with Crippen molar-refractivity contribution in [2.24, 2.45) is 0 Å². The van der Waals surface area contributed by atoms with Crippen molar-refractivity contribution in [2.75, 3.05) is 7.11 Å². The van der Waals surface area contributed by atoms with Crippen LogP contribution in [-0.4, -0.2) is 19.0 Å². The van der Waals surface area contributed by atoms with Gasteiger partial charge >= 0.3 is 11.9 Å². The predicted molar refractivity (Wildman–Crippen MR) is 67.1 cm³/mol. The molecule has 1 heterocycles. The quantitative estimate of drug-likeness (QED) is 0.630. The first-order valence-electron chi connectivity index (χ1n) is 5.15. The fourth-order valence-electron chi connectivity index (χ4n) is 1.38. The smallest absolute Gasteiger partial charge is 0.353 e. The molecule has 18 heavy (non-hydrogen) atoms. The van der Waals surface area contributed by atoms with Gasteiger partial charge in [-0.3, -0.25) is 0 Å². The fourth-order valence-corrected chi connectivity index (χ4v) is 1.98. The number of thiophene rings is 1. The summed E-state index contributed by atoms with van der Waals surface area (Å²) < 4.78 is 9.81. The van der Waals surface area contributed by atoms with E-state index >= 15 is 0 Å². The predicted octanol–water partition coefficient (Wildman–Crippen LogP) is 2.75. The molecule has 0 fully saturated rings. The topological polar surface area (TPSA) is 52.6 Å². The summed E-state index contributed by atoms with van der Waals surface area (Å²) >= 11 is 1.28. The molecule has 0 aliphatic carbocycles. The van der Waals surface area contributed by atoms with E-state index in [1.54, 1.807) is 41.8 Å². The van der Waals surface area contributed by atoms with E-state index in [4.69, 9.17) is 4.74 Å². The van der Waals surface area contributed by atoms with Gasteiger partial charge < -0.3 is 9.47 Å². The van der Waals surface area contributed by atoms with Crippen LogP contribution in [0.4, 0.5) is 0 Å². The van der Waals surface area contributed by atoms with Crippen molar-refractivity contribution < 1.29 is 19.1 Å². The fraction of sp³-hybridized carbons (Fsp3) is 0.0769. The highest BCUT2D eigenvalue weighted by Crippen LogP contribution is 2.21. The second-order valence-corrected chi connectivity index (χ2v) is 4.30. The Hall–Kier alpha value is -2.14. The van der Waals surface area contributed by atoms with E-state index in [0.29, 0.717) is 4.88 Å². The molecule has 0 saturated heterocycles. The SMILES string of the molecule is COC(=O)c1ccccc1OC(=O)c1cccs1. The van der Waals surface area contributed by atoms with E-state index in [0.717, 1.165) is 0 Å². The number of esters is 2. The van der Waals surface area contributed by atoms with Crippen molar-refractivity contribution in [2.45, 2.75) is 0 Å². The summed E-state index contributed by atoms with van der Waals surface area (Å²) in [5.74, 6) is -0.825. The molecule has 0 aliphatic heterocycles. The normalized spacial score (nSPS) is 9.83. The van der Waals surface area contributed by atoms with Gasteiger partial charge in [-0.1, -0.05) is 18.2 Å². The van der Waals surface area contributed by atoms with Crippen molar-refractivity contribution in [1.82, 2.24) is 0 Å². The van der Waals surface area contributed by atoms with Crippen LogP contribution in [0.15, 0.2) is 41.8 Å². The summed E-state index contributed by atoms with van der Waals surface area (Å²) in [4.78, 5) is 23.7. The lowest BCUT2D eigenvalue weighted by Gasteiger charge is -2.07. The van der Waals surface area contributed by atoms with Gasteiger partial charge in [0.05, 0.1) is 7.11 Å². The number of methoxy groups -OCH3 is 1. The number of ether oxygens (including phenoxy) is 2. The third kappa shape index (κ3) is 2.57. The lowest BCUT2D eigenvalue weighted by molar-refractivity contribution is 0.0593. The number of benzene rings is 1. The zero-order valence-corrected chi connectivity index (χ0v) is 10.4. The Bertz CT molecular complexity index is 560. The summed E-state index contributed by atoms with van der Waals surface area (Å²) in [6.07, 6.45) is 0. The number of carbonyl (C=O) groups excluding carboxylic acids is 2. The van der Waals surface area contributed by atoms with Gasteiger partial charge in [0.25, 0.3) is 0 Å². The summed E-state index contributed by atoms with van der Waals surface area (Å²) in [6.45, 7) is 0. The number of carbonyl (C=O) groups is 2. The summed E-state index contributed by atoms with van der Waals surface area (Å²) in [7, 11) is 1.28. The molecule has 1 aromatic carbocycles. The number of hydrogen-bond acceptors (Lipinski definition) is 5. The Morgan fingerprint density at radius 2 is 1.83 bits per heavy atom. The first-order valence-corrected chi connectivity index (χ1v) is 6.03. The molecule has 0 bridgehead atoms. The van der Waals surface area contributed by atoms with Crippen molar-refractivity contribution in [3.63, 3.8) is 0 Å². The second-order valence-electron chi connectivity index (χ2n) is 3.35. The molecule has 0 unspecified atom stereocenters. The van der Waals surface area contributed by atoms with E-state index in [-0.39, 0.29) is 11.3 Å². The van der Waals surface area contributed by atoms with Gasteiger partial charge in [-0.25, -0.2) is 9.59 Å². The molecule has 0 saturated carbocycles. The maximum absolute atomic E-state index is 11.8. The second kappa shape index (κ2) is 5.46. The Labute approximate surface area is 108 Å². The number of rotatable bonds is 3. The molecule has 92 valence electrons. The molecule has 0 spiro atoms. The molecule has 2 rings (SSSR count). The van der Waals surface area contributed by atoms with E-state index in [1.807, 2.05) is 0 Å². The molecular weight excluding hydrogens is 252 g/mol. The molecule has 0 atom stereocenters. The van der Waals surface area contributed by atoms with Crippen molar-refractivity contribution in [3.05, 3.63) is 52.2 Å². The minimum Gasteiger partial charge on any atom is -0.465 e. The third-order valence-corrected chi connectivity index (χ3v) is 3.07. The first kappa shape index (κ1) is 12.3. The molecular formula is C13H10O4S. The minimum atomic E-state index is -0.537. The van der Waals surface area contributed by atoms with Crippen LogP contribution in [0, 0.1) is 0 Å².